The van der Waals surface area contributed by atoms with Crippen LogP contribution >= 0.6 is 27.3 Å². The van der Waals surface area contributed by atoms with Gasteiger partial charge < -0.3 is 11.5 Å². The summed E-state index contributed by atoms with van der Waals surface area (Å²) in [5.74, 6) is -0.274. The van der Waals surface area contributed by atoms with Crippen LogP contribution in [0.4, 0.5) is 0 Å². The molecule has 1 atom stereocenters. The number of hydrogen-bond acceptors (Lipinski definition) is 3. The lowest BCUT2D eigenvalue weighted by Crippen LogP contribution is -2.26. The molecule has 0 aliphatic rings. The second-order valence-corrected chi connectivity index (χ2v) is 7.33. The van der Waals surface area contributed by atoms with Crippen LogP contribution in [0.1, 0.15) is 42.5 Å². The first kappa shape index (κ1) is 14.7. The molecule has 17 heavy (non-hydrogen) atoms. The number of carbonyl (C=O) groups excluding carboxylic acids is 1. The summed E-state index contributed by atoms with van der Waals surface area (Å²) in [5.41, 5.74) is 11.3. The molecule has 1 amide bonds. The van der Waals surface area contributed by atoms with E-state index in [1.54, 1.807) is 11.3 Å². The Balaban J connectivity index is 2.75. The Kier molecular flexibility index (Phi) is 4.75. The Morgan fingerprint density at radius 3 is 2.59 bits per heavy atom. The summed E-state index contributed by atoms with van der Waals surface area (Å²) in [6, 6.07) is 2.01. The fourth-order valence-electron chi connectivity index (χ4n) is 1.99. The van der Waals surface area contributed by atoms with E-state index in [1.807, 2.05) is 13.8 Å². The van der Waals surface area contributed by atoms with Crippen LogP contribution in [0, 0.1) is 12.3 Å². The molecule has 3 nitrogen and oxygen atoms in total. The van der Waals surface area contributed by atoms with E-state index in [2.05, 4.69) is 28.9 Å². The lowest BCUT2D eigenvalue weighted by Gasteiger charge is -2.26. The molecule has 0 aliphatic heterocycles. The molecule has 0 saturated heterocycles. The summed E-state index contributed by atoms with van der Waals surface area (Å²) >= 11 is 5.21. The van der Waals surface area contributed by atoms with Gasteiger partial charge in [-0.2, -0.15) is 0 Å². The van der Waals surface area contributed by atoms with Gasteiger partial charge in [0.25, 0.3) is 0 Å². The molecular formula is C12H19BrN2OS. The van der Waals surface area contributed by atoms with Crippen LogP contribution in [0.15, 0.2) is 10.5 Å². The van der Waals surface area contributed by atoms with Crippen LogP contribution in [0.3, 0.4) is 0 Å². The third-order valence-corrected chi connectivity index (χ3v) is 4.70. The fraction of sp³-hybridized carbons (Fsp3) is 0.583. The number of primary amides is 1. The number of halogens is 1. The van der Waals surface area contributed by atoms with Gasteiger partial charge in [-0.1, -0.05) is 13.8 Å². The van der Waals surface area contributed by atoms with E-state index >= 15 is 0 Å². The van der Waals surface area contributed by atoms with E-state index in [1.165, 1.54) is 4.88 Å². The number of aryl methyl sites for hydroxylation is 1. The van der Waals surface area contributed by atoms with Gasteiger partial charge in [-0.25, -0.2) is 0 Å². The van der Waals surface area contributed by atoms with Gasteiger partial charge in [0.05, 0.1) is 0 Å². The number of rotatable bonds is 5. The standard InChI is InChI=1S/C12H19BrN2OS/c1-7-4-8(13)11(17-7)9(14)5-12(2,3)6-10(15)16/h4,9H,5-6,14H2,1-3H3,(H2,15,16). The maximum Gasteiger partial charge on any atom is 0.217 e. The molecule has 1 aromatic heterocycles. The van der Waals surface area contributed by atoms with Gasteiger partial charge in [0, 0.05) is 26.7 Å². The Bertz CT molecular complexity index is 415. The van der Waals surface area contributed by atoms with E-state index < -0.39 is 0 Å². The van der Waals surface area contributed by atoms with E-state index in [0.717, 1.165) is 15.8 Å². The number of amides is 1. The van der Waals surface area contributed by atoms with Gasteiger partial charge in [-0.15, -0.1) is 11.3 Å². The molecule has 5 heteroatoms. The van der Waals surface area contributed by atoms with Gasteiger partial charge in [-0.3, -0.25) is 4.79 Å². The second-order valence-electron chi connectivity index (χ2n) is 5.19. The molecule has 0 spiro atoms. The van der Waals surface area contributed by atoms with Crippen molar-refractivity contribution < 1.29 is 4.79 Å². The fourth-order valence-corrected chi connectivity index (χ4v) is 3.93. The topological polar surface area (TPSA) is 69.1 Å². The smallest absolute Gasteiger partial charge is 0.217 e. The average Bonchev–Trinajstić information content (AvgIpc) is 2.41. The SMILES string of the molecule is Cc1cc(Br)c(C(N)CC(C)(C)CC(N)=O)s1. The largest absolute Gasteiger partial charge is 0.370 e. The zero-order chi connectivity index (χ0) is 13.2. The summed E-state index contributed by atoms with van der Waals surface area (Å²) in [6.07, 6.45) is 1.11. The molecule has 0 bridgehead atoms. The maximum atomic E-state index is 11.0. The molecular weight excluding hydrogens is 300 g/mol. The van der Waals surface area contributed by atoms with E-state index in [9.17, 15) is 4.79 Å². The van der Waals surface area contributed by atoms with Crippen LogP contribution in [0.5, 0.6) is 0 Å². The number of thiophene rings is 1. The molecule has 1 rings (SSSR count). The van der Waals surface area contributed by atoms with Crippen molar-refractivity contribution in [2.45, 2.75) is 39.7 Å². The predicted octanol–water partition coefficient (Wildman–Crippen LogP) is 3.11. The number of carbonyl (C=O) groups is 1. The quantitative estimate of drug-likeness (QED) is 0.875. The van der Waals surface area contributed by atoms with Crippen LogP contribution in [0.2, 0.25) is 0 Å². The van der Waals surface area contributed by atoms with Crippen molar-refractivity contribution in [2.24, 2.45) is 16.9 Å². The summed E-state index contributed by atoms with van der Waals surface area (Å²) in [6.45, 7) is 6.10. The van der Waals surface area contributed by atoms with Gasteiger partial charge in [-0.05, 0) is 40.8 Å². The van der Waals surface area contributed by atoms with Gasteiger partial charge in [0.2, 0.25) is 5.91 Å². The first-order chi connectivity index (χ1) is 7.71. The Labute approximate surface area is 115 Å². The van der Waals surface area contributed by atoms with Crippen molar-refractivity contribution in [3.63, 3.8) is 0 Å². The molecule has 0 aromatic carbocycles. The van der Waals surface area contributed by atoms with Crippen molar-refractivity contribution >= 4 is 33.2 Å². The van der Waals surface area contributed by atoms with Crippen LogP contribution in [0.25, 0.3) is 0 Å². The summed E-state index contributed by atoms with van der Waals surface area (Å²) < 4.78 is 1.06. The van der Waals surface area contributed by atoms with Gasteiger partial charge in [0.1, 0.15) is 0 Å². The van der Waals surface area contributed by atoms with Crippen molar-refractivity contribution in [1.82, 2.24) is 0 Å². The molecule has 0 aliphatic carbocycles. The third kappa shape index (κ3) is 4.41. The highest BCUT2D eigenvalue weighted by atomic mass is 79.9. The van der Waals surface area contributed by atoms with Crippen molar-refractivity contribution in [3.8, 4) is 0 Å². The number of nitrogens with two attached hydrogens (primary N) is 2. The molecule has 96 valence electrons. The van der Waals surface area contributed by atoms with Crippen LogP contribution < -0.4 is 11.5 Å². The lowest BCUT2D eigenvalue weighted by molar-refractivity contribution is -0.120. The third-order valence-electron chi connectivity index (χ3n) is 2.60. The first-order valence-corrected chi connectivity index (χ1v) is 7.12. The molecule has 0 fully saturated rings. The minimum Gasteiger partial charge on any atom is -0.370 e. The van der Waals surface area contributed by atoms with E-state index in [-0.39, 0.29) is 17.4 Å². The monoisotopic (exact) mass is 318 g/mol. The summed E-state index contributed by atoms with van der Waals surface area (Å²) in [7, 11) is 0. The van der Waals surface area contributed by atoms with Crippen molar-refractivity contribution in [1.29, 1.82) is 0 Å². The highest BCUT2D eigenvalue weighted by Gasteiger charge is 2.26. The van der Waals surface area contributed by atoms with Gasteiger partial charge in [0.15, 0.2) is 0 Å². The molecule has 0 saturated carbocycles. The van der Waals surface area contributed by atoms with E-state index in [4.69, 9.17) is 11.5 Å². The molecule has 1 unspecified atom stereocenters. The maximum absolute atomic E-state index is 11.0. The minimum atomic E-state index is -0.274. The molecule has 4 N–H and O–H groups in total. The highest BCUT2D eigenvalue weighted by Crippen LogP contribution is 2.37. The lowest BCUT2D eigenvalue weighted by atomic mass is 9.82. The average molecular weight is 319 g/mol. The minimum absolute atomic E-state index is 0.0579. The normalized spacial score (nSPS) is 13.7. The Morgan fingerprint density at radius 1 is 1.59 bits per heavy atom. The zero-order valence-electron chi connectivity index (χ0n) is 10.4. The highest BCUT2D eigenvalue weighted by molar-refractivity contribution is 9.10. The zero-order valence-corrected chi connectivity index (χ0v) is 12.8. The number of hydrogen-bond donors (Lipinski definition) is 2. The Hall–Kier alpha value is -0.390. The van der Waals surface area contributed by atoms with Crippen LogP contribution in [-0.2, 0) is 4.79 Å². The predicted molar refractivity (Wildman–Crippen MR) is 75.9 cm³/mol. The van der Waals surface area contributed by atoms with Crippen molar-refractivity contribution in [3.05, 3.63) is 20.3 Å². The van der Waals surface area contributed by atoms with Crippen molar-refractivity contribution in [2.75, 3.05) is 0 Å². The van der Waals surface area contributed by atoms with Crippen LogP contribution in [-0.4, -0.2) is 5.91 Å². The molecule has 1 heterocycles. The summed E-state index contributed by atoms with van der Waals surface area (Å²) in [5, 5.41) is 0. The van der Waals surface area contributed by atoms with E-state index in [0.29, 0.717) is 6.42 Å². The second kappa shape index (κ2) is 5.50. The summed E-state index contributed by atoms with van der Waals surface area (Å²) in [4.78, 5) is 13.3. The Morgan fingerprint density at radius 2 is 2.18 bits per heavy atom. The molecule has 0 radical (unpaired) electrons. The first-order valence-electron chi connectivity index (χ1n) is 5.51. The molecule has 1 aromatic rings. The van der Waals surface area contributed by atoms with Gasteiger partial charge >= 0.3 is 0 Å².